The Balaban J connectivity index is 2.33. The smallest absolute Gasteiger partial charge is 0.410 e. The van der Waals surface area contributed by atoms with Crippen LogP contribution in [0.15, 0.2) is 36.4 Å². The second-order valence-corrected chi connectivity index (χ2v) is 8.25. The van der Waals surface area contributed by atoms with E-state index >= 15 is 0 Å². The van der Waals surface area contributed by atoms with E-state index < -0.39 is 22.6 Å². The molecule has 0 aliphatic carbocycles. The van der Waals surface area contributed by atoms with Gasteiger partial charge in [0.1, 0.15) is 5.60 Å². The zero-order valence-electron chi connectivity index (χ0n) is 19.3. The molecule has 0 aliphatic rings. The van der Waals surface area contributed by atoms with Gasteiger partial charge >= 0.3 is 12.1 Å². The normalized spacial score (nSPS) is 10.9. The summed E-state index contributed by atoms with van der Waals surface area (Å²) in [6.07, 6.45) is -0.222. The van der Waals surface area contributed by atoms with Crippen molar-refractivity contribution >= 4 is 17.7 Å². The van der Waals surface area contributed by atoms with E-state index in [4.69, 9.17) is 19.3 Å². The number of hydrogen-bond acceptors (Lipinski definition) is 7. The average Bonchev–Trinajstić information content (AvgIpc) is 2.74. The van der Waals surface area contributed by atoms with E-state index in [0.717, 1.165) is 11.6 Å². The van der Waals surface area contributed by atoms with Crippen molar-refractivity contribution in [2.45, 2.75) is 39.3 Å². The molecule has 0 fully saturated rings. The van der Waals surface area contributed by atoms with Gasteiger partial charge in [-0.3, -0.25) is 10.1 Å². The number of nitro groups is 1. The number of ether oxygens (including phenoxy) is 3. The Morgan fingerprint density at radius 3 is 2.27 bits per heavy atom. The van der Waals surface area contributed by atoms with Gasteiger partial charge in [-0.1, -0.05) is 6.07 Å². The third-order valence-electron chi connectivity index (χ3n) is 4.66. The Labute approximate surface area is 191 Å². The molecular weight excluding hydrogens is 432 g/mol. The van der Waals surface area contributed by atoms with Crippen LogP contribution in [0.25, 0.3) is 0 Å². The molecule has 178 valence electrons. The number of nitro benzene ring substituents is 1. The molecule has 0 saturated carbocycles. The van der Waals surface area contributed by atoms with Crippen LogP contribution in [0.2, 0.25) is 0 Å². The molecule has 0 unspecified atom stereocenters. The van der Waals surface area contributed by atoms with Gasteiger partial charge in [0.2, 0.25) is 0 Å². The molecule has 0 bridgehead atoms. The van der Waals surface area contributed by atoms with E-state index in [9.17, 15) is 19.7 Å². The van der Waals surface area contributed by atoms with Gasteiger partial charge in [-0.15, -0.1) is 0 Å². The first kappa shape index (κ1) is 25.4. The van der Waals surface area contributed by atoms with Gasteiger partial charge < -0.3 is 24.2 Å². The largest absolute Gasteiger partial charge is 0.493 e. The lowest BCUT2D eigenvalue weighted by Crippen LogP contribution is -2.37. The van der Waals surface area contributed by atoms with Crippen molar-refractivity contribution in [3.05, 3.63) is 63.2 Å². The minimum atomic E-state index is -1.28. The Bertz CT molecular complexity index is 1030. The molecule has 2 aromatic carbocycles. The number of methoxy groups -OCH3 is 2. The molecule has 2 aromatic rings. The molecule has 0 saturated heterocycles. The fraction of sp³-hybridized carbons (Fsp3) is 0.391. The summed E-state index contributed by atoms with van der Waals surface area (Å²) >= 11 is 0. The topological polar surface area (TPSA) is 128 Å². The standard InChI is InChI=1S/C23H28N2O8/c1-23(2,3)33-22(28)24(11-10-15-6-9-19(31-4)20(12-15)32-5)14-17-8-7-16(21(26)27)13-18(17)25(29)30/h6-9,12-13H,10-11,14H2,1-5H3,(H,26,27). The van der Waals surface area contributed by atoms with Gasteiger partial charge in [-0.05, 0) is 57.0 Å². The first-order chi connectivity index (χ1) is 15.4. The first-order valence-electron chi connectivity index (χ1n) is 10.1. The highest BCUT2D eigenvalue weighted by Gasteiger charge is 2.26. The second-order valence-electron chi connectivity index (χ2n) is 8.25. The van der Waals surface area contributed by atoms with Gasteiger partial charge in [-0.2, -0.15) is 0 Å². The molecule has 2 rings (SSSR count). The third-order valence-corrected chi connectivity index (χ3v) is 4.66. The van der Waals surface area contributed by atoms with Crippen LogP contribution in [-0.4, -0.2) is 53.4 Å². The summed E-state index contributed by atoms with van der Waals surface area (Å²) in [5, 5.41) is 20.7. The molecular formula is C23H28N2O8. The van der Waals surface area contributed by atoms with Crippen LogP contribution in [-0.2, 0) is 17.7 Å². The van der Waals surface area contributed by atoms with Gasteiger partial charge in [-0.25, -0.2) is 9.59 Å². The predicted octanol–water partition coefficient (Wildman–Crippen LogP) is 4.29. The number of benzene rings is 2. The molecule has 0 radical (unpaired) electrons. The Hall–Kier alpha value is -3.82. The maximum atomic E-state index is 12.9. The SMILES string of the molecule is COc1ccc(CCN(Cc2ccc(C(=O)O)cc2[N+](=O)[O-])C(=O)OC(C)(C)C)cc1OC. The number of carbonyl (C=O) groups is 2. The van der Waals surface area contributed by atoms with Crippen molar-refractivity contribution in [3.8, 4) is 11.5 Å². The van der Waals surface area contributed by atoms with Crippen molar-refractivity contribution in [1.29, 1.82) is 0 Å². The summed E-state index contributed by atoms with van der Waals surface area (Å²) in [7, 11) is 3.05. The van der Waals surface area contributed by atoms with E-state index in [-0.39, 0.29) is 29.9 Å². The summed E-state index contributed by atoms with van der Waals surface area (Å²) < 4.78 is 16.0. The highest BCUT2D eigenvalue weighted by Crippen LogP contribution is 2.28. The molecule has 10 nitrogen and oxygen atoms in total. The number of carboxylic acid groups (broad SMARTS) is 1. The lowest BCUT2D eigenvalue weighted by Gasteiger charge is -2.27. The van der Waals surface area contributed by atoms with Crippen molar-refractivity contribution in [2.24, 2.45) is 0 Å². The lowest BCUT2D eigenvalue weighted by molar-refractivity contribution is -0.385. The van der Waals surface area contributed by atoms with E-state index in [2.05, 4.69) is 0 Å². The van der Waals surface area contributed by atoms with Crippen LogP contribution >= 0.6 is 0 Å². The molecule has 0 atom stereocenters. The quantitative estimate of drug-likeness (QED) is 0.433. The van der Waals surface area contributed by atoms with Crippen LogP contribution in [0.3, 0.4) is 0 Å². The van der Waals surface area contributed by atoms with Crippen LogP contribution in [0.5, 0.6) is 11.5 Å². The minimum Gasteiger partial charge on any atom is -0.493 e. The number of aromatic carboxylic acids is 1. The van der Waals surface area contributed by atoms with Crippen molar-refractivity contribution in [3.63, 3.8) is 0 Å². The minimum absolute atomic E-state index is 0.127. The number of hydrogen-bond donors (Lipinski definition) is 1. The van der Waals surface area contributed by atoms with E-state index in [1.807, 2.05) is 6.07 Å². The number of carboxylic acids is 1. The fourth-order valence-corrected chi connectivity index (χ4v) is 3.07. The first-order valence-corrected chi connectivity index (χ1v) is 10.1. The van der Waals surface area contributed by atoms with Crippen LogP contribution in [0.1, 0.15) is 42.3 Å². The van der Waals surface area contributed by atoms with Gasteiger partial charge in [0.25, 0.3) is 5.69 Å². The average molecular weight is 460 g/mol. The van der Waals surface area contributed by atoms with E-state index in [0.29, 0.717) is 17.9 Å². The summed E-state index contributed by atoms with van der Waals surface area (Å²) in [5.41, 5.74) is -0.299. The molecule has 0 aromatic heterocycles. The Morgan fingerprint density at radius 2 is 1.73 bits per heavy atom. The molecule has 1 N–H and O–H groups in total. The highest BCUT2D eigenvalue weighted by molar-refractivity contribution is 5.88. The maximum absolute atomic E-state index is 12.9. The van der Waals surface area contributed by atoms with Crippen molar-refractivity contribution < 1.29 is 33.8 Å². The fourth-order valence-electron chi connectivity index (χ4n) is 3.07. The summed E-state index contributed by atoms with van der Waals surface area (Å²) in [6.45, 7) is 5.24. The second kappa shape index (κ2) is 10.7. The molecule has 0 heterocycles. The molecule has 33 heavy (non-hydrogen) atoms. The van der Waals surface area contributed by atoms with E-state index in [1.165, 1.54) is 31.3 Å². The predicted molar refractivity (Wildman–Crippen MR) is 120 cm³/mol. The zero-order valence-corrected chi connectivity index (χ0v) is 19.3. The maximum Gasteiger partial charge on any atom is 0.410 e. The van der Waals surface area contributed by atoms with Crippen LogP contribution < -0.4 is 9.47 Å². The molecule has 10 heteroatoms. The van der Waals surface area contributed by atoms with Gasteiger partial charge in [0.05, 0.1) is 31.3 Å². The summed E-state index contributed by atoms with van der Waals surface area (Å²) in [6, 6.07) is 8.97. The molecule has 0 spiro atoms. The number of amides is 1. The van der Waals surface area contributed by atoms with E-state index in [1.54, 1.807) is 32.9 Å². The van der Waals surface area contributed by atoms with Crippen molar-refractivity contribution in [1.82, 2.24) is 4.90 Å². The summed E-state index contributed by atoms with van der Waals surface area (Å²) in [4.78, 5) is 36.3. The van der Waals surface area contributed by atoms with Crippen LogP contribution in [0.4, 0.5) is 10.5 Å². The number of rotatable bonds is 9. The number of nitrogens with zero attached hydrogens (tertiary/aromatic N) is 2. The zero-order chi connectivity index (χ0) is 24.8. The lowest BCUT2D eigenvalue weighted by atomic mass is 10.1. The summed E-state index contributed by atoms with van der Waals surface area (Å²) in [5.74, 6) is -0.166. The third kappa shape index (κ3) is 7.09. The highest BCUT2D eigenvalue weighted by atomic mass is 16.6. The molecule has 1 amide bonds. The Kier molecular flexibility index (Phi) is 8.22. The molecule has 0 aliphatic heterocycles. The van der Waals surface area contributed by atoms with Gasteiger partial charge in [0, 0.05) is 18.2 Å². The van der Waals surface area contributed by atoms with Crippen LogP contribution in [0, 0.1) is 10.1 Å². The number of carbonyl (C=O) groups excluding carboxylic acids is 1. The van der Waals surface area contributed by atoms with Gasteiger partial charge in [0.15, 0.2) is 11.5 Å². The Morgan fingerprint density at radius 1 is 1.06 bits per heavy atom. The van der Waals surface area contributed by atoms with Crippen molar-refractivity contribution in [2.75, 3.05) is 20.8 Å². The monoisotopic (exact) mass is 460 g/mol.